The largest absolute Gasteiger partial charge is 0.496 e. The third-order valence-corrected chi connectivity index (χ3v) is 3.12. The highest BCUT2D eigenvalue weighted by Crippen LogP contribution is 2.20. The molecule has 0 aliphatic heterocycles. The number of aliphatic hydroxyl groups is 1. The maximum absolute atomic E-state index is 11.9. The summed E-state index contributed by atoms with van der Waals surface area (Å²) in [6, 6.07) is 5.59. The van der Waals surface area contributed by atoms with E-state index in [0.717, 1.165) is 23.3 Å². The van der Waals surface area contributed by atoms with E-state index in [9.17, 15) is 9.90 Å². The summed E-state index contributed by atoms with van der Waals surface area (Å²) in [4.78, 5) is 11.9. The lowest BCUT2D eigenvalue weighted by atomic mass is 10.0. The van der Waals surface area contributed by atoms with Crippen LogP contribution in [0.5, 0.6) is 5.75 Å². The Bertz CT molecular complexity index is 495. The normalized spacial score (nSPS) is 12.7. The molecule has 0 bridgehead atoms. The summed E-state index contributed by atoms with van der Waals surface area (Å²) >= 11 is 0. The zero-order chi connectivity index (χ0) is 15.8. The first kappa shape index (κ1) is 17.2. The molecule has 0 heterocycles. The van der Waals surface area contributed by atoms with Crippen LogP contribution in [0.15, 0.2) is 24.3 Å². The van der Waals surface area contributed by atoms with Gasteiger partial charge < -0.3 is 15.2 Å². The van der Waals surface area contributed by atoms with Gasteiger partial charge in [0.2, 0.25) is 5.91 Å². The molecule has 0 aliphatic carbocycles. The van der Waals surface area contributed by atoms with Gasteiger partial charge in [0.05, 0.1) is 19.8 Å². The minimum absolute atomic E-state index is 0.0501. The lowest BCUT2D eigenvalue weighted by molar-refractivity contribution is -0.117. The van der Waals surface area contributed by atoms with Gasteiger partial charge in [-0.25, -0.2) is 0 Å². The Morgan fingerprint density at radius 2 is 2.14 bits per heavy atom. The molecule has 0 radical (unpaired) electrons. The summed E-state index contributed by atoms with van der Waals surface area (Å²) in [5.74, 6) is 0.937. The van der Waals surface area contributed by atoms with Gasteiger partial charge in [0, 0.05) is 11.6 Å². The zero-order valence-electron chi connectivity index (χ0n) is 13.2. The van der Waals surface area contributed by atoms with E-state index >= 15 is 0 Å². The third-order valence-electron chi connectivity index (χ3n) is 3.12. The fourth-order valence-electron chi connectivity index (χ4n) is 2.15. The average molecular weight is 291 g/mol. The molecule has 0 spiro atoms. The Balaban J connectivity index is 2.71. The second-order valence-electron chi connectivity index (χ2n) is 5.60. The van der Waals surface area contributed by atoms with E-state index in [-0.39, 0.29) is 18.6 Å². The van der Waals surface area contributed by atoms with Gasteiger partial charge in [-0.15, -0.1) is 0 Å². The van der Waals surface area contributed by atoms with Gasteiger partial charge in [-0.3, -0.25) is 4.79 Å². The Hall–Kier alpha value is -1.81. The summed E-state index contributed by atoms with van der Waals surface area (Å²) in [5, 5.41) is 12.1. The third kappa shape index (κ3) is 6.00. The molecule has 0 saturated heterocycles. The van der Waals surface area contributed by atoms with Crippen LogP contribution in [-0.4, -0.2) is 30.8 Å². The van der Waals surface area contributed by atoms with Crippen LogP contribution < -0.4 is 10.1 Å². The zero-order valence-corrected chi connectivity index (χ0v) is 13.2. The second kappa shape index (κ2) is 8.47. The average Bonchev–Trinajstić information content (AvgIpc) is 2.44. The van der Waals surface area contributed by atoms with Gasteiger partial charge in [-0.1, -0.05) is 25.5 Å². The molecule has 0 aliphatic rings. The molecule has 1 amide bonds. The SMILES string of the molecule is COc1ccc(C)cc1C=CC(=O)NC(CO)CC(C)C. The number of aliphatic hydroxyl groups excluding tert-OH is 1. The van der Waals surface area contributed by atoms with E-state index in [4.69, 9.17) is 4.74 Å². The van der Waals surface area contributed by atoms with Crippen LogP contribution in [0, 0.1) is 12.8 Å². The van der Waals surface area contributed by atoms with Gasteiger partial charge in [-0.05, 0) is 37.5 Å². The second-order valence-corrected chi connectivity index (χ2v) is 5.60. The molecule has 116 valence electrons. The number of benzene rings is 1. The highest BCUT2D eigenvalue weighted by Gasteiger charge is 2.11. The van der Waals surface area contributed by atoms with Crippen molar-refractivity contribution in [3.8, 4) is 5.75 Å². The van der Waals surface area contributed by atoms with Crippen LogP contribution in [0.3, 0.4) is 0 Å². The molecule has 1 aromatic rings. The van der Waals surface area contributed by atoms with Gasteiger partial charge >= 0.3 is 0 Å². The van der Waals surface area contributed by atoms with Crippen molar-refractivity contribution in [3.63, 3.8) is 0 Å². The molecule has 1 unspecified atom stereocenters. The summed E-state index contributed by atoms with van der Waals surface area (Å²) in [7, 11) is 1.60. The first-order valence-electron chi connectivity index (χ1n) is 7.20. The molecule has 0 saturated carbocycles. The molecule has 1 rings (SSSR count). The van der Waals surface area contributed by atoms with Crippen LogP contribution in [0.1, 0.15) is 31.4 Å². The molecule has 21 heavy (non-hydrogen) atoms. The highest BCUT2D eigenvalue weighted by molar-refractivity contribution is 5.92. The van der Waals surface area contributed by atoms with Crippen LogP contribution in [0.4, 0.5) is 0 Å². The van der Waals surface area contributed by atoms with E-state index in [1.807, 2.05) is 25.1 Å². The van der Waals surface area contributed by atoms with Crippen LogP contribution in [0.2, 0.25) is 0 Å². The summed E-state index contributed by atoms with van der Waals surface area (Å²) in [6.07, 6.45) is 3.95. The van der Waals surface area contributed by atoms with Crippen molar-refractivity contribution in [2.24, 2.45) is 5.92 Å². The molecule has 1 atom stereocenters. The molecule has 4 heteroatoms. The quantitative estimate of drug-likeness (QED) is 0.759. The number of amides is 1. The van der Waals surface area contributed by atoms with E-state index in [1.165, 1.54) is 6.08 Å². The minimum atomic E-state index is -0.210. The number of hydrogen-bond donors (Lipinski definition) is 2. The molecular weight excluding hydrogens is 266 g/mol. The first-order chi connectivity index (χ1) is 9.96. The number of ether oxygens (including phenoxy) is 1. The van der Waals surface area contributed by atoms with Crippen LogP contribution in [0.25, 0.3) is 6.08 Å². The summed E-state index contributed by atoms with van der Waals surface area (Å²) in [5.41, 5.74) is 1.96. The fourth-order valence-corrected chi connectivity index (χ4v) is 2.15. The molecule has 4 nitrogen and oxygen atoms in total. The van der Waals surface area contributed by atoms with Gasteiger partial charge in [0.15, 0.2) is 0 Å². The predicted molar refractivity (Wildman–Crippen MR) is 85.2 cm³/mol. The van der Waals surface area contributed by atoms with E-state index < -0.39 is 0 Å². The number of rotatable bonds is 7. The molecule has 1 aromatic carbocycles. The van der Waals surface area contributed by atoms with E-state index in [0.29, 0.717) is 5.92 Å². The Labute approximate surface area is 126 Å². The highest BCUT2D eigenvalue weighted by atomic mass is 16.5. The predicted octanol–water partition coefficient (Wildman–Crippen LogP) is 2.54. The number of aryl methyl sites for hydroxylation is 1. The van der Waals surface area contributed by atoms with E-state index in [1.54, 1.807) is 13.2 Å². The van der Waals surface area contributed by atoms with Gasteiger partial charge in [0.1, 0.15) is 5.75 Å². The number of methoxy groups -OCH3 is 1. The van der Waals surface area contributed by atoms with Gasteiger partial charge in [0.25, 0.3) is 0 Å². The number of carbonyl (C=O) groups is 1. The van der Waals surface area contributed by atoms with Gasteiger partial charge in [-0.2, -0.15) is 0 Å². The minimum Gasteiger partial charge on any atom is -0.496 e. The lowest BCUT2D eigenvalue weighted by Crippen LogP contribution is -2.37. The topological polar surface area (TPSA) is 58.6 Å². The first-order valence-corrected chi connectivity index (χ1v) is 7.20. The summed E-state index contributed by atoms with van der Waals surface area (Å²) in [6.45, 7) is 6.05. The maximum Gasteiger partial charge on any atom is 0.244 e. The number of hydrogen-bond acceptors (Lipinski definition) is 3. The molecular formula is C17H25NO3. The van der Waals surface area contributed by atoms with Crippen molar-refractivity contribution in [2.75, 3.05) is 13.7 Å². The van der Waals surface area contributed by atoms with E-state index in [2.05, 4.69) is 19.2 Å². The Kier molecular flexibility index (Phi) is 6.96. The van der Waals surface area contributed by atoms with Crippen molar-refractivity contribution in [2.45, 2.75) is 33.2 Å². The Morgan fingerprint density at radius 3 is 2.71 bits per heavy atom. The van der Waals surface area contributed by atoms with Crippen molar-refractivity contribution < 1.29 is 14.6 Å². The number of nitrogens with one attached hydrogen (secondary N) is 1. The van der Waals surface area contributed by atoms with Crippen molar-refractivity contribution in [1.82, 2.24) is 5.32 Å². The van der Waals surface area contributed by atoms with Crippen molar-refractivity contribution in [1.29, 1.82) is 0 Å². The molecule has 0 aromatic heterocycles. The van der Waals surface area contributed by atoms with Crippen molar-refractivity contribution in [3.05, 3.63) is 35.4 Å². The maximum atomic E-state index is 11.9. The van der Waals surface area contributed by atoms with Crippen molar-refractivity contribution >= 4 is 12.0 Å². The fraction of sp³-hybridized carbons (Fsp3) is 0.471. The monoisotopic (exact) mass is 291 g/mol. The Morgan fingerprint density at radius 1 is 1.43 bits per heavy atom. The summed E-state index contributed by atoms with van der Waals surface area (Å²) < 4.78 is 5.26. The lowest BCUT2D eigenvalue weighted by Gasteiger charge is -2.17. The smallest absolute Gasteiger partial charge is 0.244 e. The molecule has 0 fully saturated rings. The molecule has 2 N–H and O–H groups in total. The standard InChI is InChI=1S/C17H25NO3/c1-12(2)9-15(11-19)18-17(20)8-6-14-10-13(3)5-7-16(14)21-4/h5-8,10,12,15,19H,9,11H2,1-4H3,(H,18,20). The van der Waals surface area contributed by atoms with Crippen LogP contribution >= 0.6 is 0 Å². The number of carbonyl (C=O) groups excluding carboxylic acids is 1. The van der Waals surface area contributed by atoms with Crippen LogP contribution in [-0.2, 0) is 4.79 Å².